The first-order valence-electron chi connectivity index (χ1n) is 9.87. The molecule has 0 spiro atoms. The molecule has 146 valence electrons. The summed E-state index contributed by atoms with van der Waals surface area (Å²) in [5, 5.41) is 3.39. The van der Waals surface area contributed by atoms with E-state index in [-0.39, 0.29) is 5.78 Å². The van der Waals surface area contributed by atoms with Crippen LogP contribution in [0.2, 0.25) is 0 Å². The summed E-state index contributed by atoms with van der Waals surface area (Å²) in [6.45, 7) is 4.94. The molecule has 1 aliphatic carbocycles. The predicted molar refractivity (Wildman–Crippen MR) is 107 cm³/mol. The fourth-order valence-electron chi connectivity index (χ4n) is 3.33. The zero-order chi connectivity index (χ0) is 19.5. The lowest BCUT2D eigenvalue weighted by molar-refractivity contribution is -0.120. The first-order valence-corrected chi connectivity index (χ1v) is 9.87. The number of ether oxygens (including phenoxy) is 3. The Balaban J connectivity index is 1.74. The quantitative estimate of drug-likeness (QED) is 0.743. The average Bonchev–Trinajstić information content (AvgIpc) is 3.45. The number of rotatable bonds is 8. The largest absolute Gasteiger partial charge is 0.494 e. The molecule has 5 nitrogen and oxygen atoms in total. The number of benzene rings is 2. The van der Waals surface area contributed by atoms with Crippen LogP contribution in [-0.2, 0) is 9.53 Å². The van der Waals surface area contributed by atoms with Crippen LogP contribution in [0.15, 0.2) is 54.4 Å². The van der Waals surface area contributed by atoms with Crippen LogP contribution in [0.4, 0.5) is 0 Å². The van der Waals surface area contributed by atoms with Gasteiger partial charge in [0.1, 0.15) is 11.5 Å². The Morgan fingerprint density at radius 3 is 2.21 bits per heavy atom. The molecule has 0 bridgehead atoms. The number of carbonyl (C=O) groups is 1. The lowest BCUT2D eigenvalue weighted by Crippen LogP contribution is -2.17. The van der Waals surface area contributed by atoms with Crippen molar-refractivity contribution in [3.05, 3.63) is 65.5 Å². The summed E-state index contributed by atoms with van der Waals surface area (Å²) in [7, 11) is 0. The first kappa shape index (κ1) is 18.4. The first-order chi connectivity index (χ1) is 13.7. The van der Waals surface area contributed by atoms with Crippen LogP contribution in [0.1, 0.15) is 43.9 Å². The van der Waals surface area contributed by atoms with Crippen LogP contribution in [0, 0.1) is 0 Å². The van der Waals surface area contributed by atoms with Gasteiger partial charge in [0.2, 0.25) is 5.78 Å². The Bertz CT molecular complexity index is 862. The predicted octanol–water partition coefficient (Wildman–Crippen LogP) is 4.25. The molecule has 2 aromatic rings. The maximum atomic E-state index is 13.4. The van der Waals surface area contributed by atoms with E-state index in [4.69, 9.17) is 14.2 Å². The molecule has 28 heavy (non-hydrogen) atoms. The molecule has 1 unspecified atom stereocenters. The van der Waals surface area contributed by atoms with Crippen molar-refractivity contribution in [3.8, 4) is 11.5 Å². The molecule has 5 heteroatoms. The maximum absolute atomic E-state index is 13.4. The standard InChI is InChI=1S/C23H25NO4/c1-3-26-18-12-16(13-19(14-18)27-4-2)20-21(25)22(15-8-6-5-7-9-15)28-23(20)24-17-10-11-17/h5-9,12-14,17,22,24H,3-4,10-11H2,1-2H3. The molecule has 1 fully saturated rings. The van der Waals surface area contributed by atoms with E-state index < -0.39 is 6.10 Å². The second kappa shape index (κ2) is 7.97. The van der Waals surface area contributed by atoms with Gasteiger partial charge in [-0.2, -0.15) is 0 Å². The van der Waals surface area contributed by atoms with Gasteiger partial charge in [0, 0.05) is 17.7 Å². The van der Waals surface area contributed by atoms with Gasteiger partial charge < -0.3 is 19.5 Å². The van der Waals surface area contributed by atoms with E-state index >= 15 is 0 Å². The number of carbonyl (C=O) groups excluding carboxylic acids is 1. The third-order valence-electron chi connectivity index (χ3n) is 4.75. The van der Waals surface area contributed by atoms with Crippen LogP contribution in [-0.4, -0.2) is 25.0 Å². The van der Waals surface area contributed by atoms with Crippen LogP contribution < -0.4 is 14.8 Å². The normalized spacial score (nSPS) is 18.8. The van der Waals surface area contributed by atoms with Crippen molar-refractivity contribution < 1.29 is 19.0 Å². The van der Waals surface area contributed by atoms with Crippen molar-refractivity contribution >= 4 is 11.4 Å². The number of hydrogen-bond acceptors (Lipinski definition) is 5. The van der Waals surface area contributed by atoms with Crippen molar-refractivity contribution in [2.24, 2.45) is 0 Å². The zero-order valence-corrected chi connectivity index (χ0v) is 16.2. The number of ketones is 1. The van der Waals surface area contributed by atoms with Crippen molar-refractivity contribution in [3.63, 3.8) is 0 Å². The Kier molecular flexibility index (Phi) is 5.24. The molecule has 2 aromatic carbocycles. The monoisotopic (exact) mass is 379 g/mol. The molecule has 0 radical (unpaired) electrons. The highest BCUT2D eigenvalue weighted by molar-refractivity contribution is 6.25. The summed E-state index contributed by atoms with van der Waals surface area (Å²) >= 11 is 0. The molecule has 2 aliphatic rings. The molecule has 1 heterocycles. The lowest BCUT2D eigenvalue weighted by atomic mass is 9.96. The van der Waals surface area contributed by atoms with Crippen LogP contribution >= 0.6 is 0 Å². The smallest absolute Gasteiger partial charge is 0.213 e. The van der Waals surface area contributed by atoms with E-state index in [9.17, 15) is 4.79 Å². The van der Waals surface area contributed by atoms with Crippen molar-refractivity contribution in [2.75, 3.05) is 13.2 Å². The van der Waals surface area contributed by atoms with Gasteiger partial charge in [0.15, 0.2) is 12.0 Å². The molecule has 4 rings (SSSR count). The molecule has 0 aromatic heterocycles. The third kappa shape index (κ3) is 3.84. The van der Waals surface area contributed by atoms with Gasteiger partial charge in [-0.15, -0.1) is 0 Å². The summed E-state index contributed by atoms with van der Waals surface area (Å²) in [5.41, 5.74) is 2.16. The van der Waals surface area contributed by atoms with Crippen molar-refractivity contribution in [2.45, 2.75) is 38.8 Å². The molecule has 0 saturated heterocycles. The second-order valence-corrected chi connectivity index (χ2v) is 6.95. The lowest BCUT2D eigenvalue weighted by Gasteiger charge is -2.12. The van der Waals surface area contributed by atoms with Crippen LogP contribution in [0.3, 0.4) is 0 Å². The minimum atomic E-state index is -0.635. The summed E-state index contributed by atoms with van der Waals surface area (Å²) in [6.07, 6.45) is 1.55. The Hall–Kier alpha value is -2.95. The minimum Gasteiger partial charge on any atom is -0.494 e. The van der Waals surface area contributed by atoms with Crippen LogP contribution in [0.25, 0.3) is 5.57 Å². The number of nitrogens with one attached hydrogen (secondary N) is 1. The Morgan fingerprint density at radius 2 is 1.64 bits per heavy atom. The van der Waals surface area contributed by atoms with Crippen molar-refractivity contribution in [1.82, 2.24) is 5.32 Å². The summed E-state index contributed by atoms with van der Waals surface area (Å²) in [4.78, 5) is 13.4. The van der Waals surface area contributed by atoms with E-state index in [0.717, 1.165) is 24.0 Å². The molecule has 1 aliphatic heterocycles. The Morgan fingerprint density at radius 1 is 1.00 bits per heavy atom. The topological polar surface area (TPSA) is 56.8 Å². The number of Topliss-reactive ketones (excluding diaryl/α,β-unsaturated/α-hetero) is 1. The molecule has 0 amide bonds. The highest BCUT2D eigenvalue weighted by Crippen LogP contribution is 2.40. The maximum Gasteiger partial charge on any atom is 0.213 e. The van der Waals surface area contributed by atoms with Gasteiger partial charge >= 0.3 is 0 Å². The van der Waals surface area contributed by atoms with Crippen molar-refractivity contribution in [1.29, 1.82) is 0 Å². The van der Waals surface area contributed by atoms with Gasteiger partial charge in [-0.05, 0) is 44.4 Å². The fourth-order valence-corrected chi connectivity index (χ4v) is 3.33. The van der Waals surface area contributed by atoms with Gasteiger partial charge in [-0.25, -0.2) is 0 Å². The SMILES string of the molecule is CCOc1cc(OCC)cc(C2=C(NC3CC3)OC(c3ccccc3)C2=O)c1. The van der Waals surface area contributed by atoms with Gasteiger partial charge in [-0.1, -0.05) is 30.3 Å². The minimum absolute atomic E-state index is 0.0505. The van der Waals surface area contributed by atoms with E-state index in [1.807, 2.05) is 62.4 Å². The molecule has 1 saturated carbocycles. The molecule has 1 atom stereocenters. The third-order valence-corrected chi connectivity index (χ3v) is 4.75. The number of hydrogen-bond donors (Lipinski definition) is 1. The highest BCUT2D eigenvalue weighted by Gasteiger charge is 2.39. The zero-order valence-electron chi connectivity index (χ0n) is 16.2. The molecule has 1 N–H and O–H groups in total. The van der Waals surface area contributed by atoms with Crippen LogP contribution in [0.5, 0.6) is 11.5 Å². The van der Waals surface area contributed by atoms with E-state index in [1.54, 1.807) is 0 Å². The second-order valence-electron chi connectivity index (χ2n) is 6.95. The van der Waals surface area contributed by atoms with Gasteiger partial charge in [0.25, 0.3) is 0 Å². The average molecular weight is 379 g/mol. The summed E-state index contributed by atoms with van der Waals surface area (Å²) < 4.78 is 17.5. The highest BCUT2D eigenvalue weighted by atomic mass is 16.5. The molecular weight excluding hydrogens is 354 g/mol. The Labute approximate surface area is 165 Å². The fraction of sp³-hybridized carbons (Fsp3) is 0.348. The van der Waals surface area contributed by atoms with E-state index in [2.05, 4.69) is 5.32 Å². The van der Waals surface area contributed by atoms with E-state index in [1.165, 1.54) is 0 Å². The van der Waals surface area contributed by atoms with Gasteiger partial charge in [-0.3, -0.25) is 4.79 Å². The molecular formula is C23H25NO4. The van der Waals surface area contributed by atoms with E-state index in [0.29, 0.717) is 42.2 Å². The summed E-state index contributed by atoms with van der Waals surface area (Å²) in [6, 6.07) is 15.6. The van der Waals surface area contributed by atoms with Gasteiger partial charge in [0.05, 0.1) is 18.8 Å². The summed E-state index contributed by atoms with van der Waals surface area (Å²) in [5.74, 6) is 1.86.